The lowest BCUT2D eigenvalue weighted by Gasteiger charge is -2.35. The minimum Gasteiger partial charge on any atom is -0.310 e. The van der Waals surface area contributed by atoms with Crippen molar-refractivity contribution in [2.45, 2.75) is 5.41 Å². The van der Waals surface area contributed by atoms with Gasteiger partial charge in [0.1, 0.15) is 0 Å². The van der Waals surface area contributed by atoms with Crippen molar-refractivity contribution in [3.63, 3.8) is 0 Å². The molecule has 0 aliphatic heterocycles. The molecule has 0 radical (unpaired) electrons. The molecule has 0 N–H and O–H groups in total. The molecule has 11 rings (SSSR count). The van der Waals surface area contributed by atoms with Crippen molar-refractivity contribution in [2.24, 2.45) is 0 Å². The molecule has 0 atom stereocenters. The van der Waals surface area contributed by atoms with Crippen LogP contribution in [0.1, 0.15) is 22.3 Å². The zero-order chi connectivity index (χ0) is 37.8. The number of aromatic nitrogens is 2. The molecule has 0 unspecified atom stereocenters. The van der Waals surface area contributed by atoms with E-state index in [4.69, 9.17) is 0 Å². The second-order valence-electron chi connectivity index (χ2n) is 14.7. The van der Waals surface area contributed by atoms with E-state index in [9.17, 15) is 0 Å². The van der Waals surface area contributed by atoms with Gasteiger partial charge in [-0.2, -0.15) is 0 Å². The molecule has 10 aromatic rings. The molecule has 0 fully saturated rings. The molecule has 268 valence electrons. The molecule has 8 aromatic carbocycles. The van der Waals surface area contributed by atoms with Gasteiger partial charge in [0.15, 0.2) is 0 Å². The third-order valence-corrected chi connectivity index (χ3v) is 11.7. The molecule has 1 aliphatic rings. The second kappa shape index (κ2) is 13.4. The lowest BCUT2D eigenvalue weighted by atomic mass is 9.67. The molecule has 3 nitrogen and oxygen atoms in total. The maximum absolute atomic E-state index is 4.65. The van der Waals surface area contributed by atoms with Crippen LogP contribution in [0.2, 0.25) is 0 Å². The maximum atomic E-state index is 4.65. The highest BCUT2D eigenvalue weighted by Gasteiger charge is 2.46. The summed E-state index contributed by atoms with van der Waals surface area (Å²) in [4.78, 5) is 7.06. The van der Waals surface area contributed by atoms with Gasteiger partial charge in [-0.1, -0.05) is 152 Å². The van der Waals surface area contributed by atoms with Gasteiger partial charge in [-0.25, -0.2) is 0 Å². The van der Waals surface area contributed by atoms with Gasteiger partial charge in [0, 0.05) is 45.3 Å². The van der Waals surface area contributed by atoms with Gasteiger partial charge in [0.05, 0.1) is 22.1 Å². The number of para-hydroxylation sites is 2. The van der Waals surface area contributed by atoms with E-state index in [1.807, 2.05) is 18.3 Å². The van der Waals surface area contributed by atoms with Crippen LogP contribution in [0.3, 0.4) is 0 Å². The monoisotopic (exact) mass is 727 g/mol. The lowest BCUT2D eigenvalue weighted by Crippen LogP contribution is -2.28. The molecular weight excluding hydrogens is 691 g/mol. The van der Waals surface area contributed by atoms with Crippen molar-refractivity contribution >= 4 is 38.9 Å². The highest BCUT2D eigenvalue weighted by atomic mass is 15.1. The fraction of sp³-hybridized carbons (Fsp3) is 0.0185. The van der Waals surface area contributed by atoms with E-state index in [0.29, 0.717) is 0 Å². The van der Waals surface area contributed by atoms with E-state index in [1.165, 1.54) is 49.7 Å². The quantitative estimate of drug-likeness (QED) is 0.163. The molecule has 0 spiro atoms. The lowest BCUT2D eigenvalue weighted by molar-refractivity contribution is 0.768. The van der Waals surface area contributed by atoms with Crippen LogP contribution in [-0.2, 0) is 5.41 Å². The SMILES string of the molecule is c1ccc(-n2c3ccccc3c3ccc(N(c4ccc(-c5ccccn5)cc4)c4ccc5c(c4)C(c4ccccc4)(c4ccccc4)c4ccccc4-5)cc32)cc1. The molecule has 1 aliphatic carbocycles. The average Bonchev–Trinajstić information content (AvgIpc) is 3.78. The van der Waals surface area contributed by atoms with Crippen molar-refractivity contribution < 1.29 is 0 Å². The standard InChI is InChI=1S/C54H37N3/c1-4-16-39(17-5-1)54(40-18-6-2-7-19-40)49-24-12-10-22-45(49)46-33-31-43(36-50(46)54)56(42-29-27-38(28-30-42)51-25-14-15-35-55-51)44-32-34-48-47-23-11-13-26-52(47)57(53(48)37-44)41-20-8-3-9-21-41/h1-37H. The molecule has 0 amide bonds. The largest absolute Gasteiger partial charge is 0.310 e. The number of rotatable bonds is 7. The van der Waals surface area contributed by atoms with Crippen molar-refractivity contribution in [1.29, 1.82) is 0 Å². The highest BCUT2D eigenvalue weighted by Crippen LogP contribution is 2.57. The summed E-state index contributed by atoms with van der Waals surface area (Å²) in [7, 11) is 0. The van der Waals surface area contributed by atoms with E-state index in [0.717, 1.165) is 39.5 Å². The predicted octanol–water partition coefficient (Wildman–Crippen LogP) is 13.7. The molecule has 2 aromatic heterocycles. The van der Waals surface area contributed by atoms with Gasteiger partial charge >= 0.3 is 0 Å². The van der Waals surface area contributed by atoms with Gasteiger partial charge in [-0.3, -0.25) is 4.98 Å². The molecule has 0 bridgehead atoms. The topological polar surface area (TPSA) is 21.1 Å². The van der Waals surface area contributed by atoms with Crippen LogP contribution < -0.4 is 4.90 Å². The summed E-state index contributed by atoms with van der Waals surface area (Å²) >= 11 is 0. The Hall–Kier alpha value is -7.49. The Kier molecular flexibility index (Phi) is 7.71. The minimum atomic E-state index is -0.511. The molecule has 3 heteroatoms. The first-order chi connectivity index (χ1) is 28.3. The summed E-state index contributed by atoms with van der Waals surface area (Å²) in [6.07, 6.45) is 1.85. The number of nitrogens with zero attached hydrogens (tertiary/aromatic N) is 3. The molecule has 2 heterocycles. The zero-order valence-corrected chi connectivity index (χ0v) is 31.2. The number of hydrogen-bond acceptors (Lipinski definition) is 2. The Balaban J connectivity index is 1.18. The molecule has 0 saturated carbocycles. The fourth-order valence-electron chi connectivity index (χ4n) is 9.29. The van der Waals surface area contributed by atoms with Crippen molar-refractivity contribution in [3.8, 4) is 28.1 Å². The van der Waals surface area contributed by atoms with Crippen LogP contribution in [0.15, 0.2) is 225 Å². The number of pyridine rings is 1. The van der Waals surface area contributed by atoms with Gasteiger partial charge in [-0.15, -0.1) is 0 Å². The minimum absolute atomic E-state index is 0.511. The van der Waals surface area contributed by atoms with Crippen molar-refractivity contribution in [1.82, 2.24) is 9.55 Å². The molecule has 0 saturated heterocycles. The van der Waals surface area contributed by atoms with Gasteiger partial charge in [0.25, 0.3) is 0 Å². The van der Waals surface area contributed by atoms with Crippen LogP contribution >= 0.6 is 0 Å². The summed E-state index contributed by atoms with van der Waals surface area (Å²) in [6.45, 7) is 0. The first-order valence-electron chi connectivity index (χ1n) is 19.5. The van der Waals surface area contributed by atoms with Crippen LogP contribution in [0.5, 0.6) is 0 Å². The Labute approximate surface area is 332 Å². The maximum Gasteiger partial charge on any atom is 0.0714 e. The van der Waals surface area contributed by atoms with Crippen LogP contribution in [0, 0.1) is 0 Å². The van der Waals surface area contributed by atoms with E-state index < -0.39 is 5.41 Å². The van der Waals surface area contributed by atoms with Crippen LogP contribution in [-0.4, -0.2) is 9.55 Å². The summed E-state index contributed by atoms with van der Waals surface area (Å²) < 4.78 is 2.39. The van der Waals surface area contributed by atoms with Crippen molar-refractivity contribution in [2.75, 3.05) is 4.90 Å². The fourth-order valence-corrected chi connectivity index (χ4v) is 9.29. The second-order valence-corrected chi connectivity index (χ2v) is 14.7. The Morgan fingerprint density at radius 2 is 0.982 bits per heavy atom. The number of fused-ring (bicyclic) bond motifs is 6. The predicted molar refractivity (Wildman–Crippen MR) is 236 cm³/mol. The molecule has 57 heavy (non-hydrogen) atoms. The normalized spacial score (nSPS) is 12.7. The Morgan fingerprint density at radius 3 is 1.72 bits per heavy atom. The smallest absolute Gasteiger partial charge is 0.0714 e. The van der Waals surface area contributed by atoms with Crippen LogP contribution in [0.25, 0.3) is 49.9 Å². The summed E-state index contributed by atoms with van der Waals surface area (Å²) in [5.41, 5.74) is 15.8. The van der Waals surface area contributed by atoms with Gasteiger partial charge < -0.3 is 9.47 Å². The summed E-state index contributed by atoms with van der Waals surface area (Å²) in [6, 6.07) is 79.3. The average molecular weight is 728 g/mol. The first-order valence-corrected chi connectivity index (χ1v) is 19.5. The summed E-state index contributed by atoms with van der Waals surface area (Å²) in [5, 5.41) is 2.46. The number of anilines is 3. The van der Waals surface area contributed by atoms with Crippen molar-refractivity contribution in [3.05, 3.63) is 247 Å². The van der Waals surface area contributed by atoms with E-state index >= 15 is 0 Å². The zero-order valence-electron chi connectivity index (χ0n) is 31.2. The van der Waals surface area contributed by atoms with Gasteiger partial charge in [0.2, 0.25) is 0 Å². The third kappa shape index (κ3) is 5.17. The van der Waals surface area contributed by atoms with Crippen LogP contribution in [0.4, 0.5) is 17.1 Å². The van der Waals surface area contributed by atoms with Gasteiger partial charge in [-0.05, 0) is 100 Å². The third-order valence-electron chi connectivity index (χ3n) is 11.7. The Bertz CT molecular complexity index is 3000. The van der Waals surface area contributed by atoms with E-state index in [2.05, 4.69) is 221 Å². The summed E-state index contributed by atoms with van der Waals surface area (Å²) in [5.74, 6) is 0. The number of benzene rings is 8. The molecular formula is C54H37N3. The highest BCUT2D eigenvalue weighted by molar-refractivity contribution is 6.10. The number of hydrogen-bond donors (Lipinski definition) is 0. The van der Waals surface area contributed by atoms with E-state index in [1.54, 1.807) is 0 Å². The first kappa shape index (κ1) is 32.9. The Morgan fingerprint density at radius 1 is 0.404 bits per heavy atom. The van der Waals surface area contributed by atoms with E-state index in [-0.39, 0.29) is 0 Å².